The fourth-order valence-corrected chi connectivity index (χ4v) is 2.91. The van der Waals surface area contributed by atoms with E-state index in [9.17, 15) is 0 Å². The maximum absolute atomic E-state index is 6.41. The van der Waals surface area contributed by atoms with Gasteiger partial charge in [0.25, 0.3) is 0 Å². The number of likely N-dealkylation sites (tertiary alicyclic amines) is 1. The van der Waals surface area contributed by atoms with Crippen molar-refractivity contribution >= 4 is 0 Å². The van der Waals surface area contributed by atoms with Crippen molar-refractivity contribution in [2.24, 2.45) is 5.73 Å². The molecule has 0 bridgehead atoms. The Morgan fingerprint density at radius 1 is 1.18 bits per heavy atom. The third-order valence-corrected chi connectivity index (χ3v) is 4.52. The number of nitrogens with zero attached hydrogens (tertiary/aromatic N) is 2. The average Bonchev–Trinajstić information content (AvgIpc) is 2.79. The normalized spacial score (nSPS) is 22.6. The number of rotatable bonds is 7. The number of hydrogen-bond acceptors (Lipinski definition) is 3. The summed E-state index contributed by atoms with van der Waals surface area (Å²) in [6.07, 6.45) is 3.47. The van der Waals surface area contributed by atoms with Gasteiger partial charge in [0.2, 0.25) is 0 Å². The molecule has 0 aromatic heterocycles. The minimum atomic E-state index is 0.0259. The van der Waals surface area contributed by atoms with Crippen molar-refractivity contribution in [3.8, 4) is 0 Å². The van der Waals surface area contributed by atoms with E-state index in [1.807, 2.05) is 0 Å². The summed E-state index contributed by atoms with van der Waals surface area (Å²) in [6.45, 7) is 14.8. The first-order valence-corrected chi connectivity index (χ1v) is 7.33. The smallest absolute Gasteiger partial charge is 0.0278 e. The summed E-state index contributed by atoms with van der Waals surface area (Å²) < 4.78 is 0. The summed E-state index contributed by atoms with van der Waals surface area (Å²) in [7, 11) is 0. The van der Waals surface area contributed by atoms with Crippen LogP contribution in [0.5, 0.6) is 0 Å². The van der Waals surface area contributed by atoms with Crippen molar-refractivity contribution in [1.82, 2.24) is 9.80 Å². The van der Waals surface area contributed by atoms with E-state index in [-0.39, 0.29) is 5.54 Å². The molecule has 1 rings (SSSR count). The average molecular weight is 241 g/mol. The van der Waals surface area contributed by atoms with Crippen LogP contribution in [0.2, 0.25) is 0 Å². The molecule has 1 atom stereocenters. The molecule has 1 unspecified atom stereocenters. The Kier molecular flexibility index (Phi) is 5.90. The van der Waals surface area contributed by atoms with E-state index >= 15 is 0 Å². The van der Waals surface area contributed by atoms with Crippen molar-refractivity contribution in [2.75, 3.05) is 32.7 Å². The van der Waals surface area contributed by atoms with Gasteiger partial charge >= 0.3 is 0 Å². The molecule has 0 aromatic carbocycles. The maximum Gasteiger partial charge on any atom is 0.0278 e. The molecular weight excluding hydrogens is 210 g/mol. The van der Waals surface area contributed by atoms with Gasteiger partial charge in [-0.3, -0.25) is 9.80 Å². The summed E-state index contributed by atoms with van der Waals surface area (Å²) in [5, 5.41) is 0. The van der Waals surface area contributed by atoms with Gasteiger partial charge < -0.3 is 5.73 Å². The lowest BCUT2D eigenvalue weighted by Crippen LogP contribution is -2.49. The highest BCUT2D eigenvalue weighted by Crippen LogP contribution is 2.20. The summed E-state index contributed by atoms with van der Waals surface area (Å²) in [5.74, 6) is 0. The molecule has 1 saturated heterocycles. The Morgan fingerprint density at radius 2 is 1.76 bits per heavy atom. The zero-order valence-electron chi connectivity index (χ0n) is 12.2. The molecule has 0 saturated carbocycles. The SMILES string of the molecule is CCN(CC)C1CCN(CC(N)(CC)CC)C1. The van der Waals surface area contributed by atoms with Gasteiger partial charge in [0.05, 0.1) is 0 Å². The molecule has 3 nitrogen and oxygen atoms in total. The van der Waals surface area contributed by atoms with Crippen LogP contribution in [-0.4, -0.2) is 54.1 Å². The van der Waals surface area contributed by atoms with Crippen molar-refractivity contribution < 1.29 is 0 Å². The lowest BCUT2D eigenvalue weighted by Gasteiger charge is -2.32. The van der Waals surface area contributed by atoms with Crippen molar-refractivity contribution in [3.05, 3.63) is 0 Å². The van der Waals surface area contributed by atoms with Crippen LogP contribution in [0.1, 0.15) is 47.0 Å². The maximum atomic E-state index is 6.41. The monoisotopic (exact) mass is 241 g/mol. The molecule has 1 aliphatic rings. The molecule has 0 amide bonds. The van der Waals surface area contributed by atoms with E-state index in [4.69, 9.17) is 5.73 Å². The topological polar surface area (TPSA) is 32.5 Å². The minimum Gasteiger partial charge on any atom is -0.324 e. The highest BCUT2D eigenvalue weighted by Gasteiger charge is 2.30. The Labute approximate surface area is 107 Å². The van der Waals surface area contributed by atoms with Crippen LogP contribution < -0.4 is 5.73 Å². The van der Waals surface area contributed by atoms with Crippen LogP contribution in [0, 0.1) is 0 Å². The van der Waals surface area contributed by atoms with Crippen LogP contribution in [0.15, 0.2) is 0 Å². The second kappa shape index (κ2) is 6.72. The zero-order chi connectivity index (χ0) is 12.9. The Morgan fingerprint density at radius 3 is 2.24 bits per heavy atom. The summed E-state index contributed by atoms with van der Waals surface area (Å²) in [5.41, 5.74) is 6.43. The molecule has 0 radical (unpaired) electrons. The molecule has 17 heavy (non-hydrogen) atoms. The first kappa shape index (κ1) is 14.9. The second-order valence-corrected chi connectivity index (χ2v) is 5.47. The van der Waals surface area contributed by atoms with E-state index in [0.717, 1.165) is 25.4 Å². The summed E-state index contributed by atoms with van der Waals surface area (Å²) in [4.78, 5) is 5.14. The molecule has 2 N–H and O–H groups in total. The number of likely N-dealkylation sites (N-methyl/N-ethyl adjacent to an activating group) is 1. The number of nitrogens with two attached hydrogens (primary N) is 1. The molecule has 1 fully saturated rings. The molecule has 0 aliphatic carbocycles. The molecule has 3 heteroatoms. The fraction of sp³-hybridized carbons (Fsp3) is 1.00. The van der Waals surface area contributed by atoms with Crippen LogP contribution >= 0.6 is 0 Å². The standard InChI is InChI=1S/C14H31N3/c1-5-14(15,6-2)12-16-10-9-13(11-16)17(7-3)8-4/h13H,5-12,15H2,1-4H3. The van der Waals surface area contributed by atoms with E-state index in [2.05, 4.69) is 37.5 Å². The molecule has 0 spiro atoms. The van der Waals surface area contributed by atoms with Crippen LogP contribution in [-0.2, 0) is 0 Å². The van der Waals surface area contributed by atoms with Crippen molar-refractivity contribution in [3.63, 3.8) is 0 Å². The second-order valence-electron chi connectivity index (χ2n) is 5.47. The quantitative estimate of drug-likeness (QED) is 0.739. The van der Waals surface area contributed by atoms with Gasteiger partial charge in [-0.2, -0.15) is 0 Å². The first-order chi connectivity index (χ1) is 8.08. The highest BCUT2D eigenvalue weighted by atomic mass is 15.3. The van der Waals surface area contributed by atoms with E-state index < -0.39 is 0 Å². The highest BCUT2D eigenvalue weighted by molar-refractivity contribution is 4.90. The largest absolute Gasteiger partial charge is 0.324 e. The minimum absolute atomic E-state index is 0.0259. The van der Waals surface area contributed by atoms with Gasteiger partial charge in [0.15, 0.2) is 0 Å². The van der Waals surface area contributed by atoms with E-state index in [1.54, 1.807) is 0 Å². The molecule has 0 aromatic rings. The van der Waals surface area contributed by atoms with Gasteiger partial charge in [-0.05, 0) is 38.9 Å². The van der Waals surface area contributed by atoms with Crippen LogP contribution in [0.25, 0.3) is 0 Å². The van der Waals surface area contributed by atoms with Crippen molar-refractivity contribution in [1.29, 1.82) is 0 Å². The van der Waals surface area contributed by atoms with Crippen LogP contribution in [0.4, 0.5) is 0 Å². The molecule has 102 valence electrons. The lowest BCUT2D eigenvalue weighted by atomic mass is 9.94. The lowest BCUT2D eigenvalue weighted by molar-refractivity contribution is 0.189. The van der Waals surface area contributed by atoms with Crippen molar-refractivity contribution in [2.45, 2.75) is 58.5 Å². The Balaban J connectivity index is 2.45. The predicted octanol–water partition coefficient (Wildman–Crippen LogP) is 1.92. The fourth-order valence-electron chi connectivity index (χ4n) is 2.91. The first-order valence-electron chi connectivity index (χ1n) is 7.33. The van der Waals surface area contributed by atoms with Gasteiger partial charge in [-0.25, -0.2) is 0 Å². The van der Waals surface area contributed by atoms with E-state index in [0.29, 0.717) is 0 Å². The number of hydrogen-bond donors (Lipinski definition) is 1. The summed E-state index contributed by atoms with van der Waals surface area (Å²) >= 11 is 0. The van der Waals surface area contributed by atoms with Gasteiger partial charge in [-0.1, -0.05) is 27.7 Å². The molecule has 1 heterocycles. The van der Waals surface area contributed by atoms with Crippen LogP contribution in [0.3, 0.4) is 0 Å². The molecule has 1 aliphatic heterocycles. The Bertz CT molecular complexity index is 210. The third-order valence-electron chi connectivity index (χ3n) is 4.52. The van der Waals surface area contributed by atoms with E-state index in [1.165, 1.54) is 32.6 Å². The summed E-state index contributed by atoms with van der Waals surface area (Å²) in [6, 6.07) is 0.753. The third kappa shape index (κ3) is 3.94. The molecular formula is C14H31N3. The van der Waals surface area contributed by atoms with Gasteiger partial charge in [-0.15, -0.1) is 0 Å². The predicted molar refractivity (Wildman–Crippen MR) is 75.3 cm³/mol. The Hall–Kier alpha value is -0.120. The van der Waals surface area contributed by atoms with Gasteiger partial charge in [0, 0.05) is 24.7 Å². The zero-order valence-corrected chi connectivity index (χ0v) is 12.2. The van der Waals surface area contributed by atoms with Gasteiger partial charge in [0.1, 0.15) is 0 Å².